The summed E-state index contributed by atoms with van der Waals surface area (Å²) in [4.78, 5) is 36.3. The summed E-state index contributed by atoms with van der Waals surface area (Å²) in [6.45, 7) is 4.38. The Hall–Kier alpha value is -3.32. The van der Waals surface area contributed by atoms with Crippen LogP contribution in [0, 0.1) is 12.8 Å². The SMILES string of the molecule is Cc1nc(CN2CCC(C(=O)c3ccc4c(c3)NC(=O)CO4)CC2)nc2ccccc12. The predicted molar refractivity (Wildman–Crippen MR) is 117 cm³/mol. The number of anilines is 1. The van der Waals surface area contributed by atoms with Crippen molar-refractivity contribution in [1.29, 1.82) is 0 Å². The standard InChI is InChI=1S/C24H24N4O3/c1-15-18-4-2-3-5-19(18)26-22(25-15)13-28-10-8-16(9-11-28)24(30)17-6-7-21-20(12-17)27-23(29)14-31-21/h2-7,12,16H,8-11,13-14H2,1H3,(H,27,29). The molecule has 0 bridgehead atoms. The van der Waals surface area contributed by atoms with Crippen LogP contribution in [-0.2, 0) is 11.3 Å². The van der Waals surface area contributed by atoms with E-state index in [1.807, 2.05) is 31.2 Å². The number of amides is 1. The number of aromatic nitrogens is 2. The van der Waals surface area contributed by atoms with Gasteiger partial charge in [0, 0.05) is 22.6 Å². The van der Waals surface area contributed by atoms with E-state index in [1.165, 1.54) is 0 Å². The lowest BCUT2D eigenvalue weighted by atomic mass is 9.88. The van der Waals surface area contributed by atoms with Gasteiger partial charge in [0.2, 0.25) is 0 Å². The molecule has 158 valence electrons. The molecule has 5 rings (SSSR count). The van der Waals surface area contributed by atoms with Crippen molar-refractivity contribution >= 4 is 28.3 Å². The molecule has 1 aromatic heterocycles. The molecule has 31 heavy (non-hydrogen) atoms. The molecule has 0 saturated carbocycles. The largest absolute Gasteiger partial charge is 0.482 e. The number of hydrogen-bond acceptors (Lipinski definition) is 6. The van der Waals surface area contributed by atoms with Crippen LogP contribution >= 0.6 is 0 Å². The van der Waals surface area contributed by atoms with Gasteiger partial charge in [-0.25, -0.2) is 9.97 Å². The van der Waals surface area contributed by atoms with Crippen molar-refractivity contribution in [1.82, 2.24) is 14.9 Å². The first-order valence-electron chi connectivity index (χ1n) is 10.6. The maximum absolute atomic E-state index is 13.0. The van der Waals surface area contributed by atoms with Crippen molar-refractivity contribution < 1.29 is 14.3 Å². The summed E-state index contributed by atoms with van der Waals surface area (Å²) in [6.07, 6.45) is 1.59. The number of ketones is 1. The van der Waals surface area contributed by atoms with Crippen molar-refractivity contribution in [2.24, 2.45) is 5.92 Å². The number of carbonyl (C=O) groups is 2. The van der Waals surface area contributed by atoms with Gasteiger partial charge in [-0.3, -0.25) is 14.5 Å². The van der Waals surface area contributed by atoms with Crippen molar-refractivity contribution in [3.8, 4) is 5.75 Å². The lowest BCUT2D eigenvalue weighted by molar-refractivity contribution is -0.118. The van der Waals surface area contributed by atoms with Crippen LogP contribution in [0.25, 0.3) is 10.9 Å². The van der Waals surface area contributed by atoms with Gasteiger partial charge in [0.1, 0.15) is 11.6 Å². The lowest BCUT2D eigenvalue weighted by Gasteiger charge is -2.31. The van der Waals surface area contributed by atoms with Gasteiger partial charge >= 0.3 is 0 Å². The fraction of sp³-hybridized carbons (Fsp3) is 0.333. The summed E-state index contributed by atoms with van der Waals surface area (Å²) >= 11 is 0. The van der Waals surface area contributed by atoms with Crippen LogP contribution in [0.4, 0.5) is 5.69 Å². The second kappa shape index (κ2) is 8.07. The van der Waals surface area contributed by atoms with Gasteiger partial charge in [0.15, 0.2) is 12.4 Å². The summed E-state index contributed by atoms with van der Waals surface area (Å²) in [5.41, 5.74) is 3.16. The van der Waals surface area contributed by atoms with E-state index in [0.29, 0.717) is 23.5 Å². The number of benzene rings is 2. The van der Waals surface area contributed by atoms with E-state index in [4.69, 9.17) is 9.72 Å². The Morgan fingerprint density at radius 2 is 1.97 bits per heavy atom. The summed E-state index contributed by atoms with van der Waals surface area (Å²) in [6, 6.07) is 13.3. The first kappa shape index (κ1) is 19.6. The molecule has 0 aliphatic carbocycles. The van der Waals surface area contributed by atoms with Crippen molar-refractivity contribution in [2.75, 3.05) is 25.0 Å². The molecule has 1 saturated heterocycles. The number of para-hydroxylation sites is 1. The molecule has 3 aromatic rings. The van der Waals surface area contributed by atoms with Crippen LogP contribution < -0.4 is 10.1 Å². The van der Waals surface area contributed by atoms with Gasteiger partial charge < -0.3 is 10.1 Å². The van der Waals surface area contributed by atoms with Gasteiger partial charge in [-0.2, -0.15) is 0 Å². The molecule has 7 nitrogen and oxygen atoms in total. The second-order valence-corrected chi connectivity index (χ2v) is 8.20. The van der Waals surface area contributed by atoms with Crippen LogP contribution in [0.3, 0.4) is 0 Å². The molecule has 0 atom stereocenters. The molecular formula is C24H24N4O3. The summed E-state index contributed by atoms with van der Waals surface area (Å²) in [7, 11) is 0. The molecular weight excluding hydrogens is 392 g/mol. The average Bonchev–Trinajstić information content (AvgIpc) is 2.78. The third kappa shape index (κ3) is 4.01. The number of ether oxygens (including phenoxy) is 1. The number of carbonyl (C=O) groups excluding carboxylic acids is 2. The van der Waals surface area contributed by atoms with Gasteiger partial charge in [0.05, 0.1) is 17.7 Å². The second-order valence-electron chi connectivity index (χ2n) is 8.20. The molecule has 2 aromatic carbocycles. The molecule has 2 aliphatic rings. The Morgan fingerprint density at radius 1 is 1.16 bits per heavy atom. The average molecular weight is 416 g/mol. The van der Waals surface area contributed by atoms with Crippen LogP contribution in [-0.4, -0.2) is 46.3 Å². The minimum atomic E-state index is -0.198. The molecule has 0 spiro atoms. The highest BCUT2D eigenvalue weighted by Crippen LogP contribution is 2.31. The number of aryl methyl sites for hydroxylation is 1. The number of fused-ring (bicyclic) bond motifs is 2. The molecule has 2 aliphatic heterocycles. The van der Waals surface area contributed by atoms with Crippen LogP contribution in [0.1, 0.15) is 34.7 Å². The number of nitrogens with zero attached hydrogens (tertiary/aromatic N) is 3. The van der Waals surface area contributed by atoms with E-state index in [2.05, 4.69) is 15.2 Å². The van der Waals surface area contributed by atoms with Crippen molar-refractivity contribution in [3.63, 3.8) is 0 Å². The fourth-order valence-corrected chi connectivity index (χ4v) is 4.39. The minimum Gasteiger partial charge on any atom is -0.482 e. The minimum absolute atomic E-state index is 0.0131. The summed E-state index contributed by atoms with van der Waals surface area (Å²) in [5, 5.41) is 3.86. The maximum Gasteiger partial charge on any atom is 0.262 e. The van der Waals surface area contributed by atoms with E-state index in [1.54, 1.807) is 18.2 Å². The van der Waals surface area contributed by atoms with Crippen LogP contribution in [0.15, 0.2) is 42.5 Å². The Labute approximate surface area is 180 Å². The first-order chi connectivity index (χ1) is 15.1. The highest BCUT2D eigenvalue weighted by atomic mass is 16.5. The van der Waals surface area contributed by atoms with E-state index in [0.717, 1.165) is 48.4 Å². The van der Waals surface area contributed by atoms with E-state index in [-0.39, 0.29) is 24.2 Å². The van der Waals surface area contributed by atoms with Gasteiger partial charge in [0.25, 0.3) is 5.91 Å². The van der Waals surface area contributed by atoms with Crippen LogP contribution in [0.5, 0.6) is 5.75 Å². The summed E-state index contributed by atoms with van der Waals surface area (Å²) < 4.78 is 5.38. The maximum atomic E-state index is 13.0. The number of piperidine rings is 1. The lowest BCUT2D eigenvalue weighted by Crippen LogP contribution is -2.36. The number of hydrogen-bond donors (Lipinski definition) is 1. The zero-order chi connectivity index (χ0) is 21.4. The smallest absolute Gasteiger partial charge is 0.262 e. The summed E-state index contributed by atoms with van der Waals surface area (Å²) in [5.74, 6) is 1.34. The van der Waals surface area contributed by atoms with E-state index >= 15 is 0 Å². The zero-order valence-corrected chi connectivity index (χ0v) is 17.4. The number of rotatable bonds is 4. The molecule has 1 fully saturated rings. The molecule has 0 unspecified atom stereocenters. The number of nitrogens with one attached hydrogen (secondary N) is 1. The van der Waals surface area contributed by atoms with Gasteiger partial charge in [-0.05, 0) is 57.1 Å². The molecule has 7 heteroatoms. The van der Waals surface area contributed by atoms with Crippen LogP contribution in [0.2, 0.25) is 0 Å². The topological polar surface area (TPSA) is 84.4 Å². The van der Waals surface area contributed by atoms with Gasteiger partial charge in [-0.15, -0.1) is 0 Å². The zero-order valence-electron chi connectivity index (χ0n) is 17.4. The molecule has 1 N–H and O–H groups in total. The Kier molecular flexibility index (Phi) is 5.11. The van der Waals surface area contributed by atoms with Crippen molar-refractivity contribution in [3.05, 3.63) is 59.5 Å². The monoisotopic (exact) mass is 416 g/mol. The highest BCUT2D eigenvalue weighted by Gasteiger charge is 2.27. The first-order valence-corrected chi connectivity index (χ1v) is 10.6. The number of likely N-dealkylation sites (tertiary alicyclic amines) is 1. The highest BCUT2D eigenvalue weighted by molar-refractivity contribution is 6.01. The third-order valence-electron chi connectivity index (χ3n) is 6.06. The molecule has 3 heterocycles. The quantitative estimate of drug-likeness (QED) is 0.657. The normalized spacial score (nSPS) is 17.1. The van der Waals surface area contributed by atoms with E-state index in [9.17, 15) is 9.59 Å². The Bertz CT molecular complexity index is 1170. The predicted octanol–water partition coefficient (Wildman–Crippen LogP) is 3.36. The van der Waals surface area contributed by atoms with Gasteiger partial charge in [-0.1, -0.05) is 18.2 Å². The van der Waals surface area contributed by atoms with E-state index < -0.39 is 0 Å². The molecule has 1 amide bonds. The Balaban J connectivity index is 1.23. The third-order valence-corrected chi connectivity index (χ3v) is 6.06. The Morgan fingerprint density at radius 3 is 2.81 bits per heavy atom. The number of Topliss-reactive ketones (excluding diaryl/α,β-unsaturated/α-hetero) is 1. The van der Waals surface area contributed by atoms with Crippen molar-refractivity contribution in [2.45, 2.75) is 26.3 Å². The molecule has 0 radical (unpaired) electrons. The fourth-order valence-electron chi connectivity index (χ4n) is 4.39.